The lowest BCUT2D eigenvalue weighted by Gasteiger charge is -2.09. The molecule has 0 aliphatic rings. The summed E-state index contributed by atoms with van der Waals surface area (Å²) in [5.74, 6) is -0.123. The molecule has 5 nitrogen and oxygen atoms in total. The monoisotopic (exact) mass is 318 g/mol. The molecule has 0 rings (SSSR count). The van der Waals surface area contributed by atoms with Crippen LogP contribution in [0.4, 0.5) is 0 Å². The van der Waals surface area contributed by atoms with Crippen molar-refractivity contribution in [2.45, 2.75) is 65.4 Å². The van der Waals surface area contributed by atoms with Gasteiger partial charge in [0.15, 0.2) is 0 Å². The van der Waals surface area contributed by atoms with E-state index in [-0.39, 0.29) is 12.1 Å². The van der Waals surface area contributed by atoms with Crippen molar-refractivity contribution in [2.24, 2.45) is 0 Å². The maximum absolute atomic E-state index is 11.4. The van der Waals surface area contributed by atoms with Crippen LogP contribution in [-0.4, -0.2) is 51.7 Å². The van der Waals surface area contributed by atoms with Crippen LogP contribution in [0.2, 0.25) is 0 Å². The standard InChI is InChI=1S/C17H34O5/c1-4-5-6-7-8-9-17(18)22-15-13-20-11-10-19-12-14-21-16(2)3/h16H,4-15H2,1-3H3. The number of ether oxygens (including phenoxy) is 4. The van der Waals surface area contributed by atoms with Crippen LogP contribution in [0.15, 0.2) is 0 Å². The molecule has 0 bridgehead atoms. The Hall–Kier alpha value is -0.650. The lowest BCUT2D eigenvalue weighted by atomic mass is 10.1. The largest absolute Gasteiger partial charge is 0.463 e. The fourth-order valence-corrected chi connectivity index (χ4v) is 1.82. The number of hydrogen-bond acceptors (Lipinski definition) is 5. The molecule has 0 amide bonds. The van der Waals surface area contributed by atoms with E-state index in [4.69, 9.17) is 18.9 Å². The van der Waals surface area contributed by atoms with Crippen LogP contribution >= 0.6 is 0 Å². The molecular weight excluding hydrogens is 284 g/mol. The Kier molecular flexibility index (Phi) is 16.2. The summed E-state index contributed by atoms with van der Waals surface area (Å²) in [5.41, 5.74) is 0. The van der Waals surface area contributed by atoms with E-state index in [1.807, 2.05) is 13.8 Å². The Morgan fingerprint density at radius 1 is 0.818 bits per heavy atom. The van der Waals surface area contributed by atoms with Gasteiger partial charge in [-0.1, -0.05) is 32.6 Å². The highest BCUT2D eigenvalue weighted by atomic mass is 16.6. The summed E-state index contributed by atoms with van der Waals surface area (Å²) in [6, 6.07) is 0. The van der Waals surface area contributed by atoms with E-state index in [2.05, 4.69) is 6.92 Å². The van der Waals surface area contributed by atoms with Gasteiger partial charge in [0.25, 0.3) is 0 Å². The summed E-state index contributed by atoms with van der Waals surface area (Å²) in [7, 11) is 0. The van der Waals surface area contributed by atoms with Crippen molar-refractivity contribution < 1.29 is 23.7 Å². The van der Waals surface area contributed by atoms with Gasteiger partial charge < -0.3 is 18.9 Å². The molecule has 0 aromatic rings. The van der Waals surface area contributed by atoms with Crippen molar-refractivity contribution in [1.82, 2.24) is 0 Å². The Balaban J connectivity index is 3.13. The maximum atomic E-state index is 11.4. The molecule has 0 aromatic heterocycles. The predicted molar refractivity (Wildman–Crippen MR) is 87.1 cm³/mol. The molecule has 22 heavy (non-hydrogen) atoms. The van der Waals surface area contributed by atoms with E-state index in [0.29, 0.717) is 46.1 Å². The molecular formula is C17H34O5. The average Bonchev–Trinajstić information content (AvgIpc) is 2.48. The number of esters is 1. The third kappa shape index (κ3) is 17.4. The first-order valence-corrected chi connectivity index (χ1v) is 8.59. The van der Waals surface area contributed by atoms with E-state index < -0.39 is 0 Å². The number of rotatable bonds is 16. The van der Waals surface area contributed by atoms with Crippen LogP contribution in [0.25, 0.3) is 0 Å². The van der Waals surface area contributed by atoms with Gasteiger partial charge in [0, 0.05) is 6.42 Å². The van der Waals surface area contributed by atoms with Crippen LogP contribution in [0.1, 0.15) is 59.3 Å². The zero-order valence-corrected chi connectivity index (χ0v) is 14.6. The number of hydrogen-bond donors (Lipinski definition) is 0. The maximum Gasteiger partial charge on any atom is 0.305 e. The second kappa shape index (κ2) is 16.7. The smallest absolute Gasteiger partial charge is 0.305 e. The minimum absolute atomic E-state index is 0.123. The van der Waals surface area contributed by atoms with E-state index in [0.717, 1.165) is 12.8 Å². The van der Waals surface area contributed by atoms with Gasteiger partial charge in [0.2, 0.25) is 0 Å². The van der Waals surface area contributed by atoms with E-state index in [1.54, 1.807) is 0 Å². The lowest BCUT2D eigenvalue weighted by Crippen LogP contribution is -2.14. The summed E-state index contributed by atoms with van der Waals surface area (Å²) < 4.78 is 21.1. The molecule has 0 saturated carbocycles. The van der Waals surface area contributed by atoms with Gasteiger partial charge in [-0.2, -0.15) is 0 Å². The number of carbonyl (C=O) groups is 1. The third-order valence-electron chi connectivity index (χ3n) is 3.03. The van der Waals surface area contributed by atoms with Gasteiger partial charge in [0.1, 0.15) is 6.61 Å². The van der Waals surface area contributed by atoms with Crippen molar-refractivity contribution in [3.8, 4) is 0 Å². The van der Waals surface area contributed by atoms with Crippen LogP contribution in [-0.2, 0) is 23.7 Å². The zero-order chi connectivity index (χ0) is 16.5. The van der Waals surface area contributed by atoms with Gasteiger partial charge in [0.05, 0.1) is 39.1 Å². The highest BCUT2D eigenvalue weighted by molar-refractivity contribution is 5.69. The normalized spacial score (nSPS) is 11.1. The third-order valence-corrected chi connectivity index (χ3v) is 3.03. The summed E-state index contributed by atoms with van der Waals surface area (Å²) in [4.78, 5) is 11.4. The summed E-state index contributed by atoms with van der Waals surface area (Å²) in [5, 5.41) is 0. The molecule has 0 aromatic carbocycles. The molecule has 0 heterocycles. The Morgan fingerprint density at radius 2 is 1.41 bits per heavy atom. The van der Waals surface area contributed by atoms with Crippen molar-refractivity contribution in [1.29, 1.82) is 0 Å². The molecule has 0 atom stereocenters. The summed E-state index contributed by atoms with van der Waals surface area (Å²) in [6.45, 7) is 9.15. The molecule has 0 aliphatic carbocycles. The van der Waals surface area contributed by atoms with Gasteiger partial charge in [-0.3, -0.25) is 4.79 Å². The first-order chi connectivity index (χ1) is 10.7. The molecule has 0 aliphatic heterocycles. The van der Waals surface area contributed by atoms with Crippen molar-refractivity contribution >= 4 is 5.97 Å². The van der Waals surface area contributed by atoms with E-state index in [9.17, 15) is 4.79 Å². The molecule has 5 heteroatoms. The lowest BCUT2D eigenvalue weighted by molar-refractivity contribution is -0.145. The minimum atomic E-state index is -0.123. The van der Waals surface area contributed by atoms with Gasteiger partial charge in [-0.25, -0.2) is 0 Å². The Morgan fingerprint density at radius 3 is 2.05 bits per heavy atom. The minimum Gasteiger partial charge on any atom is -0.463 e. The average molecular weight is 318 g/mol. The predicted octanol–water partition coefficient (Wildman–Crippen LogP) is 3.35. The number of unbranched alkanes of at least 4 members (excludes halogenated alkanes) is 4. The molecule has 0 saturated heterocycles. The van der Waals surface area contributed by atoms with Crippen molar-refractivity contribution in [2.75, 3.05) is 39.6 Å². The van der Waals surface area contributed by atoms with Gasteiger partial charge >= 0.3 is 5.97 Å². The van der Waals surface area contributed by atoms with Crippen LogP contribution in [0.5, 0.6) is 0 Å². The first-order valence-electron chi connectivity index (χ1n) is 8.59. The van der Waals surface area contributed by atoms with E-state index in [1.165, 1.54) is 19.3 Å². The summed E-state index contributed by atoms with van der Waals surface area (Å²) in [6.07, 6.45) is 6.45. The molecule has 0 N–H and O–H groups in total. The highest BCUT2D eigenvalue weighted by Gasteiger charge is 2.02. The molecule has 0 radical (unpaired) electrons. The van der Waals surface area contributed by atoms with Crippen LogP contribution < -0.4 is 0 Å². The van der Waals surface area contributed by atoms with Crippen LogP contribution in [0.3, 0.4) is 0 Å². The molecule has 0 fully saturated rings. The van der Waals surface area contributed by atoms with E-state index >= 15 is 0 Å². The summed E-state index contributed by atoms with van der Waals surface area (Å²) >= 11 is 0. The molecule has 0 unspecified atom stereocenters. The highest BCUT2D eigenvalue weighted by Crippen LogP contribution is 2.05. The second-order valence-corrected chi connectivity index (χ2v) is 5.53. The first kappa shape index (κ1) is 21.4. The fraction of sp³-hybridized carbons (Fsp3) is 0.941. The molecule has 0 spiro atoms. The Labute approximate surface area is 135 Å². The topological polar surface area (TPSA) is 54.0 Å². The van der Waals surface area contributed by atoms with Crippen LogP contribution in [0, 0.1) is 0 Å². The molecule has 132 valence electrons. The van der Waals surface area contributed by atoms with Gasteiger partial charge in [-0.15, -0.1) is 0 Å². The quantitative estimate of drug-likeness (QED) is 0.323. The second-order valence-electron chi connectivity index (χ2n) is 5.53. The SMILES string of the molecule is CCCCCCCC(=O)OCCOCCOCCOC(C)C. The zero-order valence-electron chi connectivity index (χ0n) is 14.6. The Bertz CT molecular complexity index is 243. The fourth-order valence-electron chi connectivity index (χ4n) is 1.82. The van der Waals surface area contributed by atoms with Gasteiger partial charge in [-0.05, 0) is 20.3 Å². The van der Waals surface area contributed by atoms with Crippen molar-refractivity contribution in [3.05, 3.63) is 0 Å². The van der Waals surface area contributed by atoms with Crippen molar-refractivity contribution in [3.63, 3.8) is 0 Å². The number of carbonyl (C=O) groups excluding carboxylic acids is 1.